The fraction of sp³-hybridized carbons (Fsp3) is 0.0588. The Kier molecular flexibility index (Phi) is 4.14. The molecule has 0 spiro atoms. The number of ether oxygens (including phenoxy) is 1. The number of nitrogens with two attached hydrogens (primary N) is 1. The molecular weight excluding hydrogens is 314 g/mol. The molecule has 3 N–H and O–H groups in total. The second kappa shape index (κ2) is 6.24. The first kappa shape index (κ1) is 15.3. The zero-order valence-corrected chi connectivity index (χ0v) is 13.1. The smallest absolute Gasteiger partial charge is 0.265 e. The summed E-state index contributed by atoms with van der Waals surface area (Å²) >= 11 is 6.02. The molecule has 0 saturated heterocycles. The number of rotatable bonds is 3. The Hall–Kier alpha value is -2.63. The molecule has 0 saturated carbocycles. The molecule has 0 aliphatic rings. The van der Waals surface area contributed by atoms with Gasteiger partial charge in [-0.15, -0.1) is 0 Å². The number of nitrogen functional groups attached to an aromatic ring is 1. The van der Waals surface area contributed by atoms with E-state index in [0.717, 1.165) is 11.3 Å². The first-order chi connectivity index (χ1) is 11.1. The third kappa shape index (κ3) is 2.97. The van der Waals surface area contributed by atoms with Gasteiger partial charge in [0.05, 0.1) is 23.9 Å². The summed E-state index contributed by atoms with van der Waals surface area (Å²) in [5.41, 5.74) is 4.79. The zero-order valence-electron chi connectivity index (χ0n) is 12.3. The van der Waals surface area contributed by atoms with Gasteiger partial charge in [-0.2, -0.15) is 0 Å². The molecule has 0 radical (unpaired) electrons. The van der Waals surface area contributed by atoms with Crippen molar-refractivity contribution in [1.29, 1.82) is 0 Å². The number of amides is 1. The molecule has 2 aromatic carbocycles. The molecule has 0 aliphatic carbocycles. The summed E-state index contributed by atoms with van der Waals surface area (Å²) in [6.45, 7) is 0. The maximum absolute atomic E-state index is 12.1. The quantitative estimate of drug-likeness (QED) is 0.440. The normalized spacial score (nSPS) is 10.6. The Bertz CT molecular complexity index is 879. The van der Waals surface area contributed by atoms with Crippen molar-refractivity contribution in [2.24, 2.45) is 5.84 Å². The van der Waals surface area contributed by atoms with Crippen LogP contribution >= 0.6 is 11.6 Å². The summed E-state index contributed by atoms with van der Waals surface area (Å²) in [5.74, 6) is 5.65. The Morgan fingerprint density at radius 1 is 1.17 bits per heavy atom. The number of benzene rings is 2. The predicted molar refractivity (Wildman–Crippen MR) is 90.4 cm³/mol. The van der Waals surface area contributed by atoms with Crippen LogP contribution in [0, 0.1) is 0 Å². The predicted octanol–water partition coefficient (Wildman–Crippen LogP) is 3.17. The van der Waals surface area contributed by atoms with E-state index in [2.05, 4.69) is 10.4 Å². The number of hydrogen-bond donors (Lipinski definition) is 2. The van der Waals surface area contributed by atoms with E-state index >= 15 is 0 Å². The van der Waals surface area contributed by atoms with Crippen molar-refractivity contribution in [1.82, 2.24) is 10.4 Å². The van der Waals surface area contributed by atoms with Crippen molar-refractivity contribution in [2.45, 2.75) is 0 Å². The van der Waals surface area contributed by atoms with Crippen LogP contribution in [0.1, 0.15) is 10.4 Å². The molecule has 116 valence electrons. The lowest BCUT2D eigenvalue weighted by molar-refractivity contribution is 0.0955. The van der Waals surface area contributed by atoms with Crippen molar-refractivity contribution in [2.75, 3.05) is 7.11 Å². The number of hydrazine groups is 1. The second-order valence-corrected chi connectivity index (χ2v) is 5.35. The highest BCUT2D eigenvalue weighted by Crippen LogP contribution is 2.28. The molecule has 1 amide bonds. The first-order valence-corrected chi connectivity index (χ1v) is 7.26. The Morgan fingerprint density at radius 3 is 2.57 bits per heavy atom. The fourth-order valence-corrected chi connectivity index (χ4v) is 2.55. The van der Waals surface area contributed by atoms with Gasteiger partial charge in [0.25, 0.3) is 5.91 Å². The second-order valence-electron chi connectivity index (χ2n) is 4.92. The van der Waals surface area contributed by atoms with Crippen LogP contribution in [-0.2, 0) is 0 Å². The van der Waals surface area contributed by atoms with Crippen LogP contribution in [0.4, 0.5) is 0 Å². The van der Waals surface area contributed by atoms with Crippen LogP contribution in [0.15, 0.2) is 48.5 Å². The highest BCUT2D eigenvalue weighted by atomic mass is 35.5. The van der Waals surface area contributed by atoms with E-state index in [-0.39, 0.29) is 0 Å². The monoisotopic (exact) mass is 327 g/mol. The molecule has 23 heavy (non-hydrogen) atoms. The lowest BCUT2D eigenvalue weighted by Crippen LogP contribution is -2.30. The van der Waals surface area contributed by atoms with E-state index in [0.29, 0.717) is 27.2 Å². The van der Waals surface area contributed by atoms with Gasteiger partial charge in [0, 0.05) is 16.0 Å². The Balaban J connectivity index is 2.21. The number of pyridine rings is 1. The summed E-state index contributed by atoms with van der Waals surface area (Å²) in [6.07, 6.45) is 0. The molecule has 0 unspecified atom stereocenters. The number of carbonyl (C=O) groups is 1. The zero-order chi connectivity index (χ0) is 16.4. The number of nitrogens with zero attached hydrogens (tertiary/aromatic N) is 1. The minimum Gasteiger partial charge on any atom is -0.497 e. The van der Waals surface area contributed by atoms with Crippen LogP contribution in [0.3, 0.4) is 0 Å². The van der Waals surface area contributed by atoms with E-state index in [1.807, 2.05) is 24.3 Å². The van der Waals surface area contributed by atoms with Gasteiger partial charge in [-0.1, -0.05) is 11.6 Å². The highest BCUT2D eigenvalue weighted by Gasteiger charge is 2.13. The third-order valence-electron chi connectivity index (χ3n) is 3.53. The minimum atomic E-state index is -0.394. The molecule has 6 heteroatoms. The van der Waals surface area contributed by atoms with Crippen molar-refractivity contribution < 1.29 is 9.53 Å². The van der Waals surface area contributed by atoms with Crippen molar-refractivity contribution in [3.8, 4) is 17.0 Å². The van der Waals surface area contributed by atoms with Crippen LogP contribution in [0.5, 0.6) is 5.75 Å². The highest BCUT2D eigenvalue weighted by molar-refractivity contribution is 6.31. The maximum Gasteiger partial charge on any atom is 0.265 e. The molecule has 0 atom stereocenters. The minimum absolute atomic E-state index is 0.394. The van der Waals surface area contributed by atoms with E-state index in [1.54, 1.807) is 31.4 Å². The van der Waals surface area contributed by atoms with Gasteiger partial charge in [0.1, 0.15) is 5.75 Å². The summed E-state index contributed by atoms with van der Waals surface area (Å²) < 4.78 is 5.15. The molecule has 5 nitrogen and oxygen atoms in total. The lowest BCUT2D eigenvalue weighted by atomic mass is 10.0. The maximum atomic E-state index is 12.1. The average Bonchev–Trinajstić information content (AvgIpc) is 2.60. The number of methoxy groups -OCH3 is 1. The Morgan fingerprint density at radius 2 is 1.91 bits per heavy atom. The van der Waals surface area contributed by atoms with Gasteiger partial charge < -0.3 is 4.74 Å². The summed E-state index contributed by atoms with van der Waals surface area (Å²) in [6, 6.07) is 14.4. The van der Waals surface area contributed by atoms with E-state index in [1.165, 1.54) is 0 Å². The van der Waals surface area contributed by atoms with Crippen LogP contribution < -0.4 is 16.0 Å². The van der Waals surface area contributed by atoms with E-state index in [4.69, 9.17) is 22.2 Å². The molecule has 0 fully saturated rings. The van der Waals surface area contributed by atoms with Gasteiger partial charge in [-0.25, -0.2) is 10.8 Å². The largest absolute Gasteiger partial charge is 0.497 e. The standard InChI is InChI=1S/C17H14ClN3O2/c1-23-12-5-2-10(3-6-12)16-9-14(17(22)21-19)13-8-11(18)4-7-15(13)20-16/h2-9H,19H2,1H3,(H,21,22). The van der Waals surface area contributed by atoms with Crippen molar-refractivity contribution in [3.05, 3.63) is 59.1 Å². The van der Waals surface area contributed by atoms with Crippen LogP contribution in [0.2, 0.25) is 5.02 Å². The van der Waals surface area contributed by atoms with Crippen LogP contribution in [0.25, 0.3) is 22.2 Å². The van der Waals surface area contributed by atoms with Gasteiger partial charge in [-0.3, -0.25) is 10.2 Å². The number of hydrogen-bond acceptors (Lipinski definition) is 4. The average molecular weight is 328 g/mol. The van der Waals surface area contributed by atoms with Gasteiger partial charge in [0.2, 0.25) is 0 Å². The van der Waals surface area contributed by atoms with Crippen molar-refractivity contribution >= 4 is 28.4 Å². The summed E-state index contributed by atoms with van der Waals surface area (Å²) in [4.78, 5) is 16.7. The third-order valence-corrected chi connectivity index (χ3v) is 3.77. The van der Waals surface area contributed by atoms with E-state index < -0.39 is 5.91 Å². The number of halogens is 1. The van der Waals surface area contributed by atoms with Crippen molar-refractivity contribution in [3.63, 3.8) is 0 Å². The molecule has 0 aliphatic heterocycles. The molecule has 1 heterocycles. The number of nitrogens with one attached hydrogen (secondary N) is 1. The molecule has 3 aromatic rings. The number of aromatic nitrogens is 1. The number of carbonyl (C=O) groups excluding carboxylic acids is 1. The van der Waals surface area contributed by atoms with Gasteiger partial charge in [0.15, 0.2) is 0 Å². The first-order valence-electron chi connectivity index (χ1n) is 6.88. The lowest BCUT2D eigenvalue weighted by Gasteiger charge is -2.10. The molecule has 0 bridgehead atoms. The molecule has 1 aromatic heterocycles. The SMILES string of the molecule is COc1ccc(-c2cc(C(=O)NN)c3cc(Cl)ccc3n2)cc1. The van der Waals surface area contributed by atoms with Gasteiger partial charge >= 0.3 is 0 Å². The molecule has 3 rings (SSSR count). The number of fused-ring (bicyclic) bond motifs is 1. The van der Waals surface area contributed by atoms with E-state index in [9.17, 15) is 4.79 Å². The van der Waals surface area contributed by atoms with Gasteiger partial charge in [-0.05, 0) is 48.5 Å². The molecular formula is C17H14ClN3O2. The topological polar surface area (TPSA) is 77.2 Å². The van der Waals surface area contributed by atoms with Crippen LogP contribution in [-0.4, -0.2) is 18.0 Å². The summed E-state index contributed by atoms with van der Waals surface area (Å²) in [7, 11) is 1.61. The Labute approximate surface area is 138 Å². The summed E-state index contributed by atoms with van der Waals surface area (Å²) in [5, 5.41) is 1.18. The fourth-order valence-electron chi connectivity index (χ4n) is 2.37.